The molecule has 0 amide bonds. The lowest BCUT2D eigenvalue weighted by atomic mass is 9.95. The van der Waals surface area contributed by atoms with E-state index in [-0.39, 0.29) is 0 Å². The highest BCUT2D eigenvalue weighted by molar-refractivity contribution is 7.13. The third-order valence-electron chi connectivity index (χ3n) is 5.45. The highest BCUT2D eigenvalue weighted by atomic mass is 35.5. The summed E-state index contributed by atoms with van der Waals surface area (Å²) in [5, 5.41) is 10.9. The van der Waals surface area contributed by atoms with E-state index in [4.69, 9.17) is 16.0 Å². The van der Waals surface area contributed by atoms with Crippen molar-refractivity contribution in [1.29, 1.82) is 0 Å². The Balaban J connectivity index is 1.38. The molecule has 1 saturated heterocycles. The van der Waals surface area contributed by atoms with Gasteiger partial charge in [-0.1, -0.05) is 23.7 Å². The number of nitrogens with zero attached hydrogens (tertiary/aromatic N) is 5. The van der Waals surface area contributed by atoms with E-state index >= 15 is 0 Å². The molecule has 0 atom stereocenters. The summed E-state index contributed by atoms with van der Waals surface area (Å²) in [6.07, 6.45) is 2.08. The van der Waals surface area contributed by atoms with Crippen molar-refractivity contribution in [3.63, 3.8) is 0 Å². The Bertz CT molecular complexity index is 1110. The average molecular weight is 410 g/mol. The summed E-state index contributed by atoms with van der Waals surface area (Å²) in [5.41, 5.74) is 1.06. The molecule has 5 rings (SSSR count). The molecule has 0 unspecified atom stereocenters. The third-order valence-corrected chi connectivity index (χ3v) is 6.52. The van der Waals surface area contributed by atoms with Crippen LogP contribution in [0.25, 0.3) is 15.8 Å². The van der Waals surface area contributed by atoms with Crippen LogP contribution in [0.3, 0.4) is 0 Å². The minimum absolute atomic E-state index is 0.387. The molecule has 0 aliphatic carbocycles. The fourth-order valence-corrected chi connectivity index (χ4v) is 4.92. The number of aryl methyl sites for hydroxylation is 1. The Kier molecular flexibility index (Phi) is 4.53. The van der Waals surface area contributed by atoms with Gasteiger partial charge < -0.3 is 4.90 Å². The van der Waals surface area contributed by atoms with Gasteiger partial charge in [-0.3, -0.25) is 4.57 Å². The summed E-state index contributed by atoms with van der Waals surface area (Å²) in [5.74, 6) is 3.46. The number of benzene rings is 2. The van der Waals surface area contributed by atoms with Crippen molar-refractivity contribution in [2.45, 2.75) is 25.7 Å². The fraction of sp³-hybridized carbons (Fsp3) is 0.286. The van der Waals surface area contributed by atoms with Crippen LogP contribution in [0.4, 0.5) is 5.82 Å². The van der Waals surface area contributed by atoms with Crippen molar-refractivity contribution in [3.05, 3.63) is 65.2 Å². The van der Waals surface area contributed by atoms with Gasteiger partial charge in [0.05, 0.1) is 4.70 Å². The van der Waals surface area contributed by atoms with Crippen molar-refractivity contribution in [3.8, 4) is 5.69 Å². The molecule has 0 N–H and O–H groups in total. The zero-order chi connectivity index (χ0) is 19.1. The number of halogens is 1. The van der Waals surface area contributed by atoms with Gasteiger partial charge in [0.2, 0.25) is 0 Å². The van der Waals surface area contributed by atoms with Gasteiger partial charge >= 0.3 is 0 Å². The molecule has 0 saturated carbocycles. The van der Waals surface area contributed by atoms with E-state index < -0.39 is 0 Å². The van der Waals surface area contributed by atoms with E-state index in [1.165, 1.54) is 10.1 Å². The van der Waals surface area contributed by atoms with Crippen LogP contribution in [0.1, 0.15) is 30.4 Å². The van der Waals surface area contributed by atoms with Crippen molar-refractivity contribution in [2.75, 3.05) is 18.0 Å². The molecule has 5 nitrogen and oxygen atoms in total. The second-order valence-electron chi connectivity index (χ2n) is 7.18. The topological polar surface area (TPSA) is 46.8 Å². The third kappa shape index (κ3) is 3.06. The SMILES string of the molecule is Cc1nnc(C2CCN(c3nsc4ccccc34)CC2)n1-c1ccc(Cl)cc1. The lowest BCUT2D eigenvalue weighted by Crippen LogP contribution is -2.34. The van der Waals surface area contributed by atoms with Gasteiger partial charge in [0.15, 0.2) is 0 Å². The first kappa shape index (κ1) is 17.6. The highest BCUT2D eigenvalue weighted by Gasteiger charge is 2.27. The number of hydrogen-bond acceptors (Lipinski definition) is 5. The van der Waals surface area contributed by atoms with Gasteiger partial charge in [0.25, 0.3) is 0 Å². The smallest absolute Gasteiger partial charge is 0.150 e. The molecular weight excluding hydrogens is 390 g/mol. The molecule has 7 heteroatoms. The maximum absolute atomic E-state index is 6.06. The molecular formula is C21H20ClN5S. The second kappa shape index (κ2) is 7.18. The summed E-state index contributed by atoms with van der Waals surface area (Å²) < 4.78 is 8.13. The Morgan fingerprint density at radius 2 is 1.75 bits per heavy atom. The molecule has 2 aromatic heterocycles. The normalized spacial score (nSPS) is 15.4. The van der Waals surface area contributed by atoms with Crippen molar-refractivity contribution < 1.29 is 0 Å². The number of rotatable bonds is 3. The van der Waals surface area contributed by atoms with E-state index in [1.807, 2.05) is 31.2 Å². The standard InChI is InChI=1S/C21H20ClN5S/c1-14-23-24-20(27(14)17-8-6-16(22)7-9-17)15-10-12-26(13-11-15)21-18-4-2-3-5-19(18)28-25-21/h2-9,15H,10-13H2,1H3. The monoisotopic (exact) mass is 409 g/mol. The molecule has 0 bridgehead atoms. The van der Waals surface area contributed by atoms with Crippen molar-refractivity contribution >= 4 is 39.0 Å². The molecule has 0 spiro atoms. The Morgan fingerprint density at radius 1 is 1.00 bits per heavy atom. The molecule has 1 fully saturated rings. The quantitative estimate of drug-likeness (QED) is 0.465. The number of hydrogen-bond donors (Lipinski definition) is 0. The van der Waals surface area contributed by atoms with Crippen LogP contribution in [0.15, 0.2) is 48.5 Å². The lowest BCUT2D eigenvalue weighted by molar-refractivity contribution is 0.478. The predicted octanol–water partition coefficient (Wildman–Crippen LogP) is 5.22. The fourth-order valence-electron chi connectivity index (χ4n) is 4.00. The summed E-state index contributed by atoms with van der Waals surface area (Å²) in [4.78, 5) is 2.41. The van der Waals surface area contributed by atoms with Gasteiger partial charge in [-0.05, 0) is 67.7 Å². The van der Waals surface area contributed by atoms with Crippen LogP contribution in [-0.4, -0.2) is 32.2 Å². The highest BCUT2D eigenvalue weighted by Crippen LogP contribution is 2.35. The zero-order valence-corrected chi connectivity index (χ0v) is 17.1. The largest absolute Gasteiger partial charge is 0.355 e. The second-order valence-corrected chi connectivity index (χ2v) is 8.42. The first-order chi connectivity index (χ1) is 13.7. The van der Waals surface area contributed by atoms with E-state index in [0.29, 0.717) is 5.92 Å². The molecule has 1 aliphatic heterocycles. The summed E-state index contributed by atoms with van der Waals surface area (Å²) >= 11 is 7.64. The Hall–Kier alpha value is -2.44. The summed E-state index contributed by atoms with van der Waals surface area (Å²) in [6, 6.07) is 16.3. The number of piperidine rings is 1. The number of anilines is 1. The molecule has 142 valence electrons. The predicted molar refractivity (Wildman–Crippen MR) is 115 cm³/mol. The van der Waals surface area contributed by atoms with Crippen molar-refractivity contribution in [2.24, 2.45) is 0 Å². The molecule has 3 heterocycles. The van der Waals surface area contributed by atoms with E-state index in [0.717, 1.165) is 54.1 Å². The van der Waals surface area contributed by atoms with E-state index in [1.54, 1.807) is 11.5 Å². The van der Waals surface area contributed by atoms with Crippen molar-refractivity contribution in [1.82, 2.24) is 19.1 Å². The first-order valence-corrected chi connectivity index (χ1v) is 10.6. The minimum Gasteiger partial charge on any atom is -0.355 e. The summed E-state index contributed by atoms with van der Waals surface area (Å²) in [6.45, 7) is 3.96. The summed E-state index contributed by atoms with van der Waals surface area (Å²) in [7, 11) is 0. The Morgan fingerprint density at radius 3 is 2.54 bits per heavy atom. The minimum atomic E-state index is 0.387. The van der Waals surface area contributed by atoms with Gasteiger partial charge in [0, 0.05) is 35.1 Å². The number of aromatic nitrogens is 4. The molecule has 28 heavy (non-hydrogen) atoms. The molecule has 2 aromatic carbocycles. The maximum Gasteiger partial charge on any atom is 0.150 e. The van der Waals surface area contributed by atoms with E-state index in [2.05, 4.69) is 43.9 Å². The van der Waals surface area contributed by atoms with Crippen LogP contribution < -0.4 is 4.90 Å². The first-order valence-electron chi connectivity index (χ1n) is 9.48. The Labute approximate surface area is 172 Å². The average Bonchev–Trinajstić information content (AvgIpc) is 3.33. The van der Waals surface area contributed by atoms with E-state index in [9.17, 15) is 0 Å². The lowest BCUT2D eigenvalue weighted by Gasteiger charge is -2.32. The van der Waals surface area contributed by atoms with Gasteiger partial charge in [-0.15, -0.1) is 10.2 Å². The molecule has 1 aliphatic rings. The van der Waals surface area contributed by atoms with Crippen LogP contribution >= 0.6 is 23.1 Å². The molecule has 0 radical (unpaired) electrons. The zero-order valence-electron chi connectivity index (χ0n) is 15.5. The van der Waals surface area contributed by atoms with Crippen LogP contribution in [-0.2, 0) is 0 Å². The van der Waals surface area contributed by atoms with Gasteiger partial charge in [-0.2, -0.15) is 4.37 Å². The van der Waals surface area contributed by atoms with Gasteiger partial charge in [0.1, 0.15) is 17.5 Å². The van der Waals surface area contributed by atoms with Crippen LogP contribution in [0, 0.1) is 6.92 Å². The van der Waals surface area contributed by atoms with Crippen LogP contribution in [0.5, 0.6) is 0 Å². The maximum atomic E-state index is 6.06. The van der Waals surface area contributed by atoms with Gasteiger partial charge in [-0.25, -0.2) is 0 Å². The number of fused-ring (bicyclic) bond motifs is 1. The van der Waals surface area contributed by atoms with Crippen LogP contribution in [0.2, 0.25) is 5.02 Å². The molecule has 4 aromatic rings.